The van der Waals surface area contributed by atoms with Gasteiger partial charge < -0.3 is 14.8 Å². The van der Waals surface area contributed by atoms with Crippen LogP contribution >= 0.6 is 0 Å². The normalized spacial score (nSPS) is 11.4. The van der Waals surface area contributed by atoms with Gasteiger partial charge in [-0.1, -0.05) is 60.7 Å². The summed E-state index contributed by atoms with van der Waals surface area (Å²) in [5, 5.41) is 2.86. The first kappa shape index (κ1) is 20.1. The molecule has 0 aliphatic heterocycles. The van der Waals surface area contributed by atoms with Gasteiger partial charge in [0.05, 0.1) is 13.5 Å². The molecule has 0 aliphatic rings. The van der Waals surface area contributed by atoms with E-state index in [1.165, 1.54) is 0 Å². The van der Waals surface area contributed by atoms with Gasteiger partial charge in [-0.15, -0.1) is 0 Å². The van der Waals surface area contributed by atoms with Gasteiger partial charge >= 0.3 is 5.97 Å². The Morgan fingerprint density at radius 1 is 0.897 bits per heavy atom. The maximum absolute atomic E-state index is 12.6. The maximum atomic E-state index is 12.6. The van der Waals surface area contributed by atoms with Gasteiger partial charge in [-0.25, -0.2) is 0 Å². The van der Waals surface area contributed by atoms with Crippen molar-refractivity contribution in [3.8, 4) is 16.9 Å². The lowest BCUT2D eigenvalue weighted by molar-refractivity contribution is -0.152. The summed E-state index contributed by atoms with van der Waals surface area (Å²) in [6.45, 7) is 1.56. The first-order valence-corrected chi connectivity index (χ1v) is 9.34. The number of hydrogen-bond donors (Lipinski definition) is 1. The van der Waals surface area contributed by atoms with Crippen LogP contribution in [0.25, 0.3) is 11.1 Å². The Morgan fingerprint density at radius 3 is 2.24 bits per heavy atom. The molecule has 0 aliphatic carbocycles. The van der Waals surface area contributed by atoms with E-state index in [0.717, 1.165) is 16.7 Å². The molecule has 0 saturated heterocycles. The van der Waals surface area contributed by atoms with Gasteiger partial charge in [-0.2, -0.15) is 0 Å². The van der Waals surface area contributed by atoms with E-state index in [1.54, 1.807) is 38.3 Å². The fourth-order valence-corrected chi connectivity index (χ4v) is 2.90. The fourth-order valence-electron chi connectivity index (χ4n) is 2.90. The smallest absolute Gasteiger partial charge is 0.311 e. The molecule has 1 atom stereocenters. The molecule has 1 N–H and O–H groups in total. The molecule has 0 aromatic heterocycles. The van der Waals surface area contributed by atoms with Crippen LogP contribution in [0.2, 0.25) is 0 Å². The predicted octanol–water partition coefficient (Wildman–Crippen LogP) is 4.48. The van der Waals surface area contributed by atoms with Crippen molar-refractivity contribution in [3.63, 3.8) is 0 Å². The standard InChI is InChI=1S/C24H23NO4/c1-17(29-23(26)16-18-12-14-20(28-2)15-13-18)24(27)25-22-11-7-6-10-21(22)19-8-4-3-5-9-19/h3-15,17H,16H2,1-2H3,(H,25,27)/t17-/m0/s1. The van der Waals surface area contributed by atoms with Crippen molar-refractivity contribution >= 4 is 17.6 Å². The second-order valence-corrected chi connectivity index (χ2v) is 6.56. The van der Waals surface area contributed by atoms with Gasteiger partial charge in [0, 0.05) is 11.3 Å². The predicted molar refractivity (Wildman–Crippen MR) is 113 cm³/mol. The Morgan fingerprint density at radius 2 is 1.55 bits per heavy atom. The number of anilines is 1. The highest BCUT2D eigenvalue weighted by atomic mass is 16.5. The molecular formula is C24H23NO4. The van der Waals surface area contributed by atoms with E-state index in [1.807, 2.05) is 54.6 Å². The average molecular weight is 389 g/mol. The Kier molecular flexibility index (Phi) is 6.63. The van der Waals surface area contributed by atoms with Gasteiger partial charge in [0.2, 0.25) is 0 Å². The van der Waals surface area contributed by atoms with Crippen LogP contribution in [0.4, 0.5) is 5.69 Å². The number of methoxy groups -OCH3 is 1. The number of esters is 1. The summed E-state index contributed by atoms with van der Waals surface area (Å²) < 4.78 is 10.4. The molecule has 3 aromatic rings. The number of ether oxygens (including phenoxy) is 2. The average Bonchev–Trinajstić information content (AvgIpc) is 2.75. The molecule has 148 valence electrons. The molecule has 0 unspecified atom stereocenters. The van der Waals surface area contributed by atoms with Crippen molar-refractivity contribution in [2.45, 2.75) is 19.4 Å². The van der Waals surface area contributed by atoms with Crippen LogP contribution in [0.3, 0.4) is 0 Å². The number of carbonyl (C=O) groups is 2. The molecule has 29 heavy (non-hydrogen) atoms. The quantitative estimate of drug-likeness (QED) is 0.606. The topological polar surface area (TPSA) is 64.6 Å². The lowest BCUT2D eigenvalue weighted by Gasteiger charge is -2.16. The van der Waals surface area contributed by atoms with Crippen LogP contribution in [0.1, 0.15) is 12.5 Å². The molecule has 0 bridgehead atoms. The minimum absolute atomic E-state index is 0.0855. The number of benzene rings is 3. The molecule has 0 spiro atoms. The van der Waals surface area contributed by atoms with Gasteiger partial charge in [0.15, 0.2) is 6.10 Å². The van der Waals surface area contributed by atoms with Crippen molar-refractivity contribution < 1.29 is 19.1 Å². The summed E-state index contributed by atoms with van der Waals surface area (Å²) in [6, 6.07) is 24.4. The van der Waals surface area contributed by atoms with Crippen LogP contribution in [0.15, 0.2) is 78.9 Å². The summed E-state index contributed by atoms with van der Waals surface area (Å²) in [6.07, 6.45) is -0.827. The summed E-state index contributed by atoms with van der Waals surface area (Å²) in [5.41, 5.74) is 3.35. The number of carbonyl (C=O) groups excluding carboxylic acids is 2. The number of amides is 1. The van der Waals surface area contributed by atoms with Crippen LogP contribution in [0.5, 0.6) is 5.75 Å². The molecule has 0 heterocycles. The van der Waals surface area contributed by atoms with E-state index in [-0.39, 0.29) is 12.3 Å². The lowest BCUT2D eigenvalue weighted by atomic mass is 10.0. The zero-order valence-electron chi connectivity index (χ0n) is 16.4. The van der Waals surface area contributed by atoms with E-state index < -0.39 is 12.1 Å². The highest BCUT2D eigenvalue weighted by molar-refractivity contribution is 5.98. The van der Waals surface area contributed by atoms with E-state index >= 15 is 0 Å². The molecule has 1 amide bonds. The van der Waals surface area contributed by atoms with Gasteiger partial charge in [-0.3, -0.25) is 9.59 Å². The Balaban J connectivity index is 1.61. The van der Waals surface area contributed by atoms with E-state index in [2.05, 4.69) is 5.32 Å². The van der Waals surface area contributed by atoms with Crippen molar-refractivity contribution in [3.05, 3.63) is 84.4 Å². The summed E-state index contributed by atoms with van der Waals surface area (Å²) in [7, 11) is 1.58. The molecule has 0 radical (unpaired) electrons. The third kappa shape index (κ3) is 5.45. The first-order valence-electron chi connectivity index (χ1n) is 9.34. The van der Waals surface area contributed by atoms with Crippen molar-refractivity contribution in [1.82, 2.24) is 0 Å². The third-order valence-electron chi connectivity index (χ3n) is 4.45. The molecule has 5 heteroatoms. The minimum Gasteiger partial charge on any atom is -0.497 e. The zero-order chi connectivity index (χ0) is 20.6. The van der Waals surface area contributed by atoms with Gasteiger partial charge in [-0.05, 0) is 36.2 Å². The molecule has 0 fully saturated rings. The first-order chi connectivity index (χ1) is 14.1. The highest BCUT2D eigenvalue weighted by Crippen LogP contribution is 2.27. The second kappa shape index (κ2) is 9.55. The number of nitrogens with one attached hydrogen (secondary N) is 1. The number of hydrogen-bond acceptors (Lipinski definition) is 4. The molecule has 3 aromatic carbocycles. The van der Waals surface area contributed by atoms with Gasteiger partial charge in [0.25, 0.3) is 5.91 Å². The van der Waals surface area contributed by atoms with Crippen LogP contribution < -0.4 is 10.1 Å². The summed E-state index contributed by atoms with van der Waals surface area (Å²) in [5.74, 6) is -0.127. The lowest BCUT2D eigenvalue weighted by Crippen LogP contribution is -2.30. The van der Waals surface area contributed by atoms with Crippen molar-refractivity contribution in [1.29, 1.82) is 0 Å². The number of para-hydroxylation sites is 1. The van der Waals surface area contributed by atoms with E-state index in [0.29, 0.717) is 11.4 Å². The van der Waals surface area contributed by atoms with Crippen LogP contribution in [-0.2, 0) is 20.7 Å². The highest BCUT2D eigenvalue weighted by Gasteiger charge is 2.19. The SMILES string of the molecule is COc1ccc(CC(=O)O[C@@H](C)C(=O)Nc2ccccc2-c2ccccc2)cc1. The fraction of sp³-hybridized carbons (Fsp3) is 0.167. The van der Waals surface area contributed by atoms with Crippen molar-refractivity contribution in [2.24, 2.45) is 0 Å². The molecule has 3 rings (SSSR count). The summed E-state index contributed by atoms with van der Waals surface area (Å²) >= 11 is 0. The third-order valence-corrected chi connectivity index (χ3v) is 4.45. The number of rotatable bonds is 7. The Hall–Kier alpha value is -3.60. The minimum atomic E-state index is -0.912. The zero-order valence-corrected chi connectivity index (χ0v) is 16.4. The largest absolute Gasteiger partial charge is 0.497 e. The molecule has 5 nitrogen and oxygen atoms in total. The van der Waals surface area contributed by atoms with Crippen LogP contribution in [0, 0.1) is 0 Å². The molecular weight excluding hydrogens is 366 g/mol. The maximum Gasteiger partial charge on any atom is 0.311 e. The summed E-state index contributed by atoms with van der Waals surface area (Å²) in [4.78, 5) is 24.8. The van der Waals surface area contributed by atoms with E-state index in [4.69, 9.17) is 9.47 Å². The van der Waals surface area contributed by atoms with E-state index in [9.17, 15) is 9.59 Å². The monoisotopic (exact) mass is 389 g/mol. The molecule has 0 saturated carbocycles. The second-order valence-electron chi connectivity index (χ2n) is 6.56. The Bertz CT molecular complexity index is 968. The van der Waals surface area contributed by atoms with Gasteiger partial charge in [0.1, 0.15) is 5.75 Å². The van der Waals surface area contributed by atoms with Crippen molar-refractivity contribution in [2.75, 3.05) is 12.4 Å². The Labute approximate surface area is 170 Å². The van der Waals surface area contributed by atoms with Crippen LogP contribution in [-0.4, -0.2) is 25.1 Å².